The number of anilines is 1. The van der Waals surface area contributed by atoms with Gasteiger partial charge in [-0.05, 0) is 12.1 Å². The lowest BCUT2D eigenvalue weighted by molar-refractivity contribution is -0.385. The molecule has 0 saturated heterocycles. The van der Waals surface area contributed by atoms with Crippen LogP contribution in [0.15, 0.2) is 18.2 Å². The van der Waals surface area contributed by atoms with Crippen molar-refractivity contribution in [1.29, 1.82) is 0 Å². The largest absolute Gasteiger partial charge is 0.399 e. The van der Waals surface area contributed by atoms with Crippen molar-refractivity contribution in [3.05, 3.63) is 33.9 Å². The van der Waals surface area contributed by atoms with Crippen molar-refractivity contribution in [3.63, 3.8) is 0 Å². The van der Waals surface area contributed by atoms with Crippen molar-refractivity contribution < 1.29 is 4.92 Å². The van der Waals surface area contributed by atoms with Gasteiger partial charge in [-0.1, -0.05) is 0 Å². The molecule has 0 fully saturated rings. The highest BCUT2D eigenvalue weighted by Gasteiger charge is 2.11. The number of nitrogens with two attached hydrogens (primary N) is 2. The van der Waals surface area contributed by atoms with Crippen LogP contribution >= 0.6 is 0 Å². The Morgan fingerprint density at radius 2 is 2.17 bits per heavy atom. The highest BCUT2D eigenvalue weighted by molar-refractivity contribution is 5.52. The Kier molecular flexibility index (Phi) is 2.25. The summed E-state index contributed by atoms with van der Waals surface area (Å²) in [5.74, 6) is 0. The molecular formula is C7H9N3O2. The monoisotopic (exact) mass is 167 g/mol. The summed E-state index contributed by atoms with van der Waals surface area (Å²) < 4.78 is 0. The summed E-state index contributed by atoms with van der Waals surface area (Å²) in [5, 5.41) is 10.4. The molecule has 0 aliphatic carbocycles. The Labute approximate surface area is 69.1 Å². The number of nitro benzene ring substituents is 1. The highest BCUT2D eigenvalue weighted by atomic mass is 16.6. The fourth-order valence-electron chi connectivity index (χ4n) is 0.923. The molecule has 1 aromatic rings. The molecule has 0 aliphatic heterocycles. The van der Waals surface area contributed by atoms with Gasteiger partial charge in [0.05, 0.1) is 4.92 Å². The first kappa shape index (κ1) is 8.48. The summed E-state index contributed by atoms with van der Waals surface area (Å²) in [7, 11) is 0. The van der Waals surface area contributed by atoms with E-state index in [0.717, 1.165) is 0 Å². The third-order valence-corrected chi connectivity index (χ3v) is 1.53. The molecule has 1 aromatic carbocycles. The Morgan fingerprint density at radius 3 is 2.67 bits per heavy atom. The summed E-state index contributed by atoms with van der Waals surface area (Å²) in [6.45, 7) is 0.149. The lowest BCUT2D eigenvalue weighted by atomic mass is 10.1. The van der Waals surface area contributed by atoms with E-state index in [1.807, 2.05) is 0 Å². The van der Waals surface area contributed by atoms with Crippen molar-refractivity contribution >= 4 is 11.4 Å². The summed E-state index contributed by atoms with van der Waals surface area (Å²) in [6, 6.07) is 4.46. The average molecular weight is 167 g/mol. The minimum atomic E-state index is -0.488. The predicted molar refractivity (Wildman–Crippen MR) is 45.4 cm³/mol. The smallest absolute Gasteiger partial charge is 0.275 e. The van der Waals surface area contributed by atoms with Crippen LogP contribution < -0.4 is 11.5 Å². The zero-order valence-electron chi connectivity index (χ0n) is 6.36. The number of benzene rings is 1. The molecule has 0 radical (unpaired) electrons. The van der Waals surface area contributed by atoms with Gasteiger partial charge in [0.1, 0.15) is 0 Å². The quantitative estimate of drug-likeness (QED) is 0.383. The molecule has 5 heteroatoms. The third kappa shape index (κ3) is 1.51. The molecule has 0 saturated carbocycles. The maximum atomic E-state index is 10.4. The Hall–Kier alpha value is -1.62. The number of nitro groups is 1. The van der Waals surface area contributed by atoms with Crippen LogP contribution in [0.1, 0.15) is 5.56 Å². The van der Waals surface area contributed by atoms with Crippen LogP contribution in [0.25, 0.3) is 0 Å². The van der Waals surface area contributed by atoms with Gasteiger partial charge < -0.3 is 11.5 Å². The number of hydrogen-bond donors (Lipinski definition) is 2. The van der Waals surface area contributed by atoms with E-state index in [1.54, 1.807) is 12.1 Å². The summed E-state index contributed by atoms with van der Waals surface area (Å²) >= 11 is 0. The fraction of sp³-hybridized carbons (Fsp3) is 0.143. The molecular weight excluding hydrogens is 158 g/mol. The SMILES string of the molecule is NCc1ccc(N)cc1[N+](=O)[O-]. The van der Waals surface area contributed by atoms with E-state index in [0.29, 0.717) is 11.3 Å². The molecule has 0 amide bonds. The summed E-state index contributed by atoms with van der Waals surface area (Å²) in [4.78, 5) is 9.94. The van der Waals surface area contributed by atoms with E-state index in [-0.39, 0.29) is 12.2 Å². The van der Waals surface area contributed by atoms with Crippen LogP contribution in [0.3, 0.4) is 0 Å². The minimum absolute atomic E-state index is 0.0162. The van der Waals surface area contributed by atoms with E-state index < -0.39 is 4.92 Å². The lowest BCUT2D eigenvalue weighted by Gasteiger charge is -1.99. The number of rotatable bonds is 2. The maximum Gasteiger partial charge on any atom is 0.275 e. The molecule has 1 rings (SSSR count). The first-order valence-corrected chi connectivity index (χ1v) is 3.38. The first-order valence-electron chi connectivity index (χ1n) is 3.38. The van der Waals surface area contributed by atoms with E-state index in [2.05, 4.69) is 0 Å². The van der Waals surface area contributed by atoms with Crippen molar-refractivity contribution in [2.45, 2.75) is 6.54 Å². The number of nitrogen functional groups attached to an aromatic ring is 1. The zero-order valence-corrected chi connectivity index (χ0v) is 6.36. The second-order valence-corrected chi connectivity index (χ2v) is 2.35. The van der Waals surface area contributed by atoms with Crippen LogP contribution in [0.2, 0.25) is 0 Å². The second-order valence-electron chi connectivity index (χ2n) is 2.35. The van der Waals surface area contributed by atoms with Gasteiger partial charge in [-0.2, -0.15) is 0 Å². The molecule has 5 nitrogen and oxygen atoms in total. The molecule has 0 heterocycles. The topological polar surface area (TPSA) is 95.2 Å². The molecule has 0 aliphatic rings. The van der Waals surface area contributed by atoms with Gasteiger partial charge in [0, 0.05) is 23.9 Å². The molecule has 0 unspecified atom stereocenters. The molecule has 4 N–H and O–H groups in total. The Morgan fingerprint density at radius 1 is 1.50 bits per heavy atom. The zero-order chi connectivity index (χ0) is 9.14. The van der Waals surface area contributed by atoms with Gasteiger partial charge in [0.2, 0.25) is 0 Å². The van der Waals surface area contributed by atoms with Crippen LogP contribution in [0, 0.1) is 10.1 Å². The van der Waals surface area contributed by atoms with Crippen LogP contribution in [0.5, 0.6) is 0 Å². The molecule has 0 spiro atoms. The van der Waals surface area contributed by atoms with Crippen LogP contribution in [-0.2, 0) is 6.54 Å². The Bertz CT molecular complexity index is 312. The van der Waals surface area contributed by atoms with Crippen molar-refractivity contribution in [2.24, 2.45) is 5.73 Å². The second kappa shape index (κ2) is 3.19. The van der Waals surface area contributed by atoms with Crippen LogP contribution in [0.4, 0.5) is 11.4 Å². The minimum Gasteiger partial charge on any atom is -0.399 e. The maximum absolute atomic E-state index is 10.4. The number of nitrogens with zero attached hydrogens (tertiary/aromatic N) is 1. The van der Waals surface area contributed by atoms with E-state index in [1.165, 1.54) is 6.07 Å². The lowest BCUT2D eigenvalue weighted by Crippen LogP contribution is -2.02. The molecule has 12 heavy (non-hydrogen) atoms. The predicted octanol–water partition coefficient (Wildman–Crippen LogP) is 0.636. The number of hydrogen-bond acceptors (Lipinski definition) is 4. The van der Waals surface area contributed by atoms with Gasteiger partial charge >= 0.3 is 0 Å². The first-order chi connectivity index (χ1) is 5.65. The molecule has 0 aromatic heterocycles. The van der Waals surface area contributed by atoms with Gasteiger partial charge in [0.15, 0.2) is 0 Å². The average Bonchev–Trinajstić information content (AvgIpc) is 2.04. The van der Waals surface area contributed by atoms with Gasteiger partial charge in [-0.25, -0.2) is 0 Å². The molecule has 0 atom stereocenters. The van der Waals surface area contributed by atoms with Gasteiger partial charge in [0.25, 0.3) is 5.69 Å². The van der Waals surface area contributed by atoms with Crippen LogP contribution in [-0.4, -0.2) is 4.92 Å². The van der Waals surface area contributed by atoms with Gasteiger partial charge in [-0.15, -0.1) is 0 Å². The van der Waals surface area contributed by atoms with Crippen molar-refractivity contribution in [2.75, 3.05) is 5.73 Å². The molecule has 64 valence electrons. The van der Waals surface area contributed by atoms with Crippen molar-refractivity contribution in [3.8, 4) is 0 Å². The van der Waals surface area contributed by atoms with E-state index >= 15 is 0 Å². The normalized spacial score (nSPS) is 9.75. The highest BCUT2D eigenvalue weighted by Crippen LogP contribution is 2.20. The fourth-order valence-corrected chi connectivity index (χ4v) is 0.923. The van der Waals surface area contributed by atoms with Gasteiger partial charge in [-0.3, -0.25) is 10.1 Å². The summed E-state index contributed by atoms with van der Waals surface area (Å²) in [6.07, 6.45) is 0. The standard InChI is InChI=1S/C7H9N3O2/c8-4-5-1-2-6(9)3-7(5)10(11)12/h1-3H,4,8-9H2. The Balaban J connectivity index is 3.21. The van der Waals surface area contributed by atoms with Crippen molar-refractivity contribution in [1.82, 2.24) is 0 Å². The van der Waals surface area contributed by atoms with E-state index in [9.17, 15) is 10.1 Å². The van der Waals surface area contributed by atoms with E-state index in [4.69, 9.17) is 11.5 Å². The summed E-state index contributed by atoms with van der Waals surface area (Å²) in [5.41, 5.74) is 11.5. The third-order valence-electron chi connectivity index (χ3n) is 1.53. The molecule has 0 bridgehead atoms.